The van der Waals surface area contributed by atoms with Crippen LogP contribution < -0.4 is 5.32 Å². The molecule has 0 spiro atoms. The first-order valence-electron chi connectivity index (χ1n) is 6.41. The summed E-state index contributed by atoms with van der Waals surface area (Å²) in [5.41, 5.74) is 1.33. The summed E-state index contributed by atoms with van der Waals surface area (Å²) in [6.45, 7) is 1.37. The number of anilines is 1. The maximum Gasteiger partial charge on any atom is 0.228 e. The van der Waals surface area contributed by atoms with Crippen LogP contribution in [-0.2, 0) is 11.2 Å². The minimum Gasteiger partial charge on any atom is -0.324 e. The second-order valence-corrected chi connectivity index (χ2v) is 5.92. The molecule has 0 saturated heterocycles. The number of carbonyl (C=O) groups is 2. The molecule has 0 aliphatic heterocycles. The Labute approximate surface area is 143 Å². The highest BCUT2D eigenvalue weighted by atomic mass is 35.5. The fraction of sp³-hybridized carbons (Fsp3) is 0.125. The summed E-state index contributed by atoms with van der Waals surface area (Å²) in [4.78, 5) is 23.6. The number of ketones is 1. The van der Waals surface area contributed by atoms with Crippen molar-refractivity contribution in [2.75, 3.05) is 5.32 Å². The first kappa shape index (κ1) is 16.8. The van der Waals surface area contributed by atoms with E-state index in [1.807, 2.05) is 0 Å². The highest BCUT2D eigenvalue weighted by Crippen LogP contribution is 2.32. The number of carbonyl (C=O) groups excluding carboxylic acids is 2. The van der Waals surface area contributed by atoms with Crippen molar-refractivity contribution in [1.82, 2.24) is 0 Å². The van der Waals surface area contributed by atoms with E-state index in [1.54, 1.807) is 30.3 Å². The molecule has 1 N–H and O–H groups in total. The third kappa shape index (κ3) is 4.01. The smallest absolute Gasteiger partial charge is 0.228 e. The predicted octanol–water partition coefficient (Wildman–Crippen LogP) is 5.03. The van der Waals surface area contributed by atoms with Gasteiger partial charge in [-0.25, -0.2) is 0 Å². The molecule has 6 heteroatoms. The summed E-state index contributed by atoms with van der Waals surface area (Å²) >= 11 is 18.0. The van der Waals surface area contributed by atoms with E-state index in [9.17, 15) is 9.59 Å². The lowest BCUT2D eigenvalue weighted by Gasteiger charge is -2.11. The highest BCUT2D eigenvalue weighted by molar-refractivity contribution is 6.41. The van der Waals surface area contributed by atoms with Crippen molar-refractivity contribution >= 4 is 52.2 Å². The average Bonchev–Trinajstić information content (AvgIpc) is 2.41. The number of hydrogen-bond donors (Lipinski definition) is 1. The molecule has 0 saturated carbocycles. The average molecular weight is 357 g/mol. The molecule has 0 atom stereocenters. The molecule has 0 aliphatic rings. The summed E-state index contributed by atoms with van der Waals surface area (Å²) in [7, 11) is 0. The van der Waals surface area contributed by atoms with E-state index in [-0.39, 0.29) is 33.7 Å². The monoisotopic (exact) mass is 355 g/mol. The summed E-state index contributed by atoms with van der Waals surface area (Å²) in [6.07, 6.45) is 0.148. The van der Waals surface area contributed by atoms with Crippen LogP contribution >= 0.6 is 34.8 Å². The SMILES string of the molecule is CC(=O)c1c(Cl)ccc(NC(=O)Cc2cccc(Cl)c2)c1Cl. The fourth-order valence-corrected chi connectivity index (χ4v) is 2.90. The van der Waals surface area contributed by atoms with Crippen LogP contribution in [0.5, 0.6) is 0 Å². The third-order valence-corrected chi connectivity index (χ3v) is 3.91. The largest absolute Gasteiger partial charge is 0.324 e. The molecule has 1 amide bonds. The van der Waals surface area contributed by atoms with Gasteiger partial charge in [0.25, 0.3) is 0 Å². The number of rotatable bonds is 4. The van der Waals surface area contributed by atoms with Crippen LogP contribution in [0.25, 0.3) is 0 Å². The van der Waals surface area contributed by atoms with Crippen molar-refractivity contribution in [1.29, 1.82) is 0 Å². The molecule has 22 heavy (non-hydrogen) atoms. The first-order valence-corrected chi connectivity index (χ1v) is 7.55. The minimum atomic E-state index is -0.263. The maximum absolute atomic E-state index is 12.1. The zero-order valence-electron chi connectivity index (χ0n) is 11.6. The first-order chi connectivity index (χ1) is 10.4. The second kappa shape index (κ2) is 7.14. The Bertz CT molecular complexity index is 744. The molecule has 2 aromatic carbocycles. The Morgan fingerprint density at radius 1 is 1.09 bits per heavy atom. The van der Waals surface area contributed by atoms with E-state index >= 15 is 0 Å². The van der Waals surface area contributed by atoms with Gasteiger partial charge in [0.15, 0.2) is 5.78 Å². The Morgan fingerprint density at radius 2 is 1.82 bits per heavy atom. The molecule has 0 aliphatic carbocycles. The normalized spacial score (nSPS) is 10.4. The fourth-order valence-electron chi connectivity index (χ4n) is 2.00. The zero-order valence-corrected chi connectivity index (χ0v) is 13.9. The summed E-state index contributed by atoms with van der Waals surface area (Å²) in [5.74, 6) is -0.526. The van der Waals surface area contributed by atoms with Gasteiger partial charge in [0.05, 0.1) is 27.7 Å². The number of Topliss-reactive ketones (excluding diaryl/α,β-unsaturated/α-hetero) is 1. The Balaban J connectivity index is 2.19. The summed E-state index contributed by atoms with van der Waals surface area (Å²) in [5, 5.41) is 3.63. The van der Waals surface area contributed by atoms with Crippen LogP contribution in [0, 0.1) is 0 Å². The van der Waals surface area contributed by atoms with E-state index in [1.165, 1.54) is 13.0 Å². The topological polar surface area (TPSA) is 46.2 Å². The van der Waals surface area contributed by atoms with Gasteiger partial charge in [-0.3, -0.25) is 9.59 Å². The Kier molecular flexibility index (Phi) is 5.46. The van der Waals surface area contributed by atoms with Gasteiger partial charge >= 0.3 is 0 Å². The molecule has 0 radical (unpaired) electrons. The van der Waals surface area contributed by atoms with Gasteiger partial charge in [0, 0.05) is 5.02 Å². The van der Waals surface area contributed by atoms with Gasteiger partial charge in [-0.1, -0.05) is 46.9 Å². The number of nitrogens with one attached hydrogen (secondary N) is 1. The highest BCUT2D eigenvalue weighted by Gasteiger charge is 2.16. The van der Waals surface area contributed by atoms with Gasteiger partial charge < -0.3 is 5.32 Å². The van der Waals surface area contributed by atoms with Crippen molar-refractivity contribution in [2.45, 2.75) is 13.3 Å². The van der Waals surface area contributed by atoms with E-state index in [4.69, 9.17) is 34.8 Å². The lowest BCUT2D eigenvalue weighted by molar-refractivity contribution is -0.115. The van der Waals surface area contributed by atoms with Crippen molar-refractivity contribution in [3.8, 4) is 0 Å². The minimum absolute atomic E-state index is 0.138. The van der Waals surface area contributed by atoms with Crippen LogP contribution in [-0.4, -0.2) is 11.7 Å². The Morgan fingerprint density at radius 3 is 2.45 bits per heavy atom. The predicted molar refractivity (Wildman–Crippen MR) is 90.3 cm³/mol. The van der Waals surface area contributed by atoms with Gasteiger partial charge in [0.1, 0.15) is 0 Å². The summed E-state index contributed by atoms with van der Waals surface area (Å²) in [6, 6.07) is 10.1. The molecule has 2 rings (SSSR count). The number of benzene rings is 2. The van der Waals surface area contributed by atoms with Gasteiger partial charge in [0.2, 0.25) is 5.91 Å². The van der Waals surface area contributed by atoms with Crippen molar-refractivity contribution in [3.63, 3.8) is 0 Å². The molecular weight excluding hydrogens is 345 g/mol. The van der Waals surface area contributed by atoms with E-state index < -0.39 is 0 Å². The quantitative estimate of drug-likeness (QED) is 0.781. The molecule has 3 nitrogen and oxygen atoms in total. The Hall–Kier alpha value is -1.55. The lowest BCUT2D eigenvalue weighted by Crippen LogP contribution is -2.15. The van der Waals surface area contributed by atoms with E-state index in [0.717, 1.165) is 5.56 Å². The van der Waals surface area contributed by atoms with Crippen molar-refractivity contribution < 1.29 is 9.59 Å². The summed E-state index contributed by atoms with van der Waals surface area (Å²) < 4.78 is 0. The third-order valence-electron chi connectivity index (χ3n) is 2.97. The van der Waals surface area contributed by atoms with Crippen LogP contribution in [0.1, 0.15) is 22.8 Å². The van der Waals surface area contributed by atoms with Crippen LogP contribution in [0.15, 0.2) is 36.4 Å². The second-order valence-electron chi connectivity index (χ2n) is 4.69. The van der Waals surface area contributed by atoms with Gasteiger partial charge in [-0.15, -0.1) is 0 Å². The molecule has 0 bridgehead atoms. The van der Waals surface area contributed by atoms with Gasteiger partial charge in [-0.05, 0) is 36.8 Å². The number of amides is 1. The molecule has 0 heterocycles. The van der Waals surface area contributed by atoms with E-state index in [2.05, 4.69) is 5.32 Å². The molecule has 114 valence electrons. The van der Waals surface area contributed by atoms with Crippen LogP contribution in [0.3, 0.4) is 0 Å². The zero-order chi connectivity index (χ0) is 16.3. The number of hydrogen-bond acceptors (Lipinski definition) is 2. The molecule has 0 unspecified atom stereocenters. The van der Waals surface area contributed by atoms with Crippen LogP contribution in [0.4, 0.5) is 5.69 Å². The van der Waals surface area contributed by atoms with Gasteiger partial charge in [-0.2, -0.15) is 0 Å². The van der Waals surface area contributed by atoms with E-state index in [0.29, 0.717) is 10.7 Å². The van der Waals surface area contributed by atoms with Crippen LogP contribution in [0.2, 0.25) is 15.1 Å². The van der Waals surface area contributed by atoms with Crippen molar-refractivity contribution in [3.05, 3.63) is 62.6 Å². The maximum atomic E-state index is 12.1. The van der Waals surface area contributed by atoms with Crippen molar-refractivity contribution in [2.24, 2.45) is 0 Å². The molecule has 0 fully saturated rings. The molecule has 2 aromatic rings. The number of halogens is 3. The standard InChI is InChI=1S/C16H12Cl3NO2/c1-9(21)15-12(18)5-6-13(16(15)19)20-14(22)8-10-3-2-4-11(17)7-10/h2-7H,8H2,1H3,(H,20,22). The molecule has 0 aromatic heterocycles. The lowest BCUT2D eigenvalue weighted by atomic mass is 10.1. The molecular formula is C16H12Cl3NO2.